The average molecular weight is 364 g/mol. The zero-order valence-corrected chi connectivity index (χ0v) is 15.1. The summed E-state index contributed by atoms with van der Waals surface area (Å²) < 4.78 is 26.5. The molecule has 8 nitrogen and oxygen atoms in total. The Kier molecular flexibility index (Phi) is 5.70. The van der Waals surface area contributed by atoms with Crippen molar-refractivity contribution in [1.82, 2.24) is 19.2 Å². The van der Waals surface area contributed by atoms with Crippen molar-refractivity contribution >= 4 is 15.9 Å². The van der Waals surface area contributed by atoms with Gasteiger partial charge in [-0.3, -0.25) is 14.2 Å². The molecular weight excluding hydrogens is 344 g/mol. The molecule has 0 saturated heterocycles. The Labute approximate surface area is 146 Å². The molecule has 25 heavy (non-hydrogen) atoms. The highest BCUT2D eigenvalue weighted by molar-refractivity contribution is 7.89. The molecule has 1 N–H and O–H groups in total. The van der Waals surface area contributed by atoms with Gasteiger partial charge in [-0.1, -0.05) is 0 Å². The minimum Gasteiger partial charge on any atom is -0.350 e. The van der Waals surface area contributed by atoms with Gasteiger partial charge in [0.15, 0.2) is 0 Å². The van der Waals surface area contributed by atoms with Gasteiger partial charge >= 0.3 is 0 Å². The normalized spacial score (nSPS) is 11.5. The van der Waals surface area contributed by atoms with Crippen LogP contribution in [-0.4, -0.2) is 48.8 Å². The van der Waals surface area contributed by atoms with Crippen molar-refractivity contribution in [3.8, 4) is 0 Å². The fourth-order valence-electron chi connectivity index (χ4n) is 2.10. The van der Waals surface area contributed by atoms with Gasteiger partial charge in [0.2, 0.25) is 10.0 Å². The number of nitrogens with one attached hydrogen (secondary N) is 1. The van der Waals surface area contributed by atoms with E-state index < -0.39 is 10.0 Å². The van der Waals surface area contributed by atoms with Crippen LogP contribution in [0.3, 0.4) is 0 Å². The fraction of sp³-hybridized carbons (Fsp3) is 0.312. The molecule has 0 aliphatic carbocycles. The number of amides is 1. The number of aromatic nitrogens is 2. The van der Waals surface area contributed by atoms with Crippen LogP contribution in [0.25, 0.3) is 0 Å². The molecule has 134 valence electrons. The lowest BCUT2D eigenvalue weighted by atomic mass is 10.2. The first-order valence-corrected chi connectivity index (χ1v) is 8.99. The molecule has 0 bridgehead atoms. The number of sulfonamides is 1. The Balaban J connectivity index is 2.00. The van der Waals surface area contributed by atoms with E-state index in [-0.39, 0.29) is 22.9 Å². The lowest BCUT2D eigenvalue weighted by Crippen LogP contribution is -2.31. The van der Waals surface area contributed by atoms with E-state index in [0.29, 0.717) is 17.7 Å². The van der Waals surface area contributed by atoms with Gasteiger partial charge < -0.3 is 5.32 Å². The van der Waals surface area contributed by atoms with Gasteiger partial charge in [0, 0.05) is 44.5 Å². The first kappa shape index (κ1) is 18.8. The first-order chi connectivity index (χ1) is 11.7. The Morgan fingerprint density at radius 2 is 1.88 bits per heavy atom. The molecule has 0 radical (unpaired) electrons. The van der Waals surface area contributed by atoms with Gasteiger partial charge in [-0.2, -0.15) is 0 Å². The molecule has 0 atom stereocenters. The third kappa shape index (κ3) is 4.31. The maximum atomic E-state index is 12.1. The van der Waals surface area contributed by atoms with Crippen LogP contribution in [0.1, 0.15) is 15.9 Å². The monoisotopic (exact) mass is 364 g/mol. The maximum Gasteiger partial charge on any atom is 0.256 e. The van der Waals surface area contributed by atoms with Crippen LogP contribution >= 0.6 is 0 Å². The Morgan fingerprint density at radius 1 is 1.24 bits per heavy atom. The second-order valence-electron chi connectivity index (χ2n) is 5.64. The van der Waals surface area contributed by atoms with Gasteiger partial charge in [0.05, 0.1) is 11.2 Å². The quantitative estimate of drug-likeness (QED) is 0.791. The summed E-state index contributed by atoms with van der Waals surface area (Å²) in [5, 5.41) is 2.69. The molecule has 0 aliphatic heterocycles. The number of hydrogen-bond donors (Lipinski definition) is 1. The van der Waals surface area contributed by atoms with Gasteiger partial charge in [0.25, 0.3) is 11.5 Å². The van der Waals surface area contributed by atoms with E-state index >= 15 is 0 Å². The summed E-state index contributed by atoms with van der Waals surface area (Å²) in [4.78, 5) is 28.0. The maximum absolute atomic E-state index is 12.1. The number of aryl methyl sites for hydroxylation is 1. The molecule has 1 aromatic carbocycles. The molecular formula is C16H20N4O4S. The van der Waals surface area contributed by atoms with Gasteiger partial charge in [-0.25, -0.2) is 17.7 Å². The Morgan fingerprint density at radius 3 is 2.48 bits per heavy atom. The van der Waals surface area contributed by atoms with Crippen molar-refractivity contribution in [3.05, 3.63) is 58.3 Å². The second-order valence-corrected chi connectivity index (χ2v) is 7.79. The predicted octanol–water partition coefficient (Wildman–Crippen LogP) is 0.232. The van der Waals surface area contributed by atoms with Crippen molar-refractivity contribution < 1.29 is 13.2 Å². The van der Waals surface area contributed by atoms with E-state index in [1.807, 2.05) is 0 Å². The number of carbonyl (C=O) groups is 1. The lowest BCUT2D eigenvalue weighted by Gasteiger charge is -2.12. The molecule has 2 rings (SSSR count). The SMILES string of the molecule is Cc1cncn(CCNC(=O)c2ccc(S(=O)(=O)N(C)C)cc2)c1=O. The standard InChI is InChI=1S/C16H20N4O4S/c1-12-10-17-11-20(16(12)22)9-8-18-15(21)13-4-6-14(7-5-13)25(23,24)19(2)3/h4-7,10-11H,8-9H2,1-3H3,(H,18,21). The van der Waals surface area contributed by atoms with E-state index in [2.05, 4.69) is 10.3 Å². The molecule has 0 saturated carbocycles. The number of nitrogens with zero attached hydrogens (tertiary/aromatic N) is 3. The van der Waals surface area contributed by atoms with Gasteiger partial charge in [-0.05, 0) is 31.2 Å². The zero-order valence-electron chi connectivity index (χ0n) is 14.3. The third-order valence-electron chi connectivity index (χ3n) is 3.61. The average Bonchev–Trinajstić information content (AvgIpc) is 2.58. The summed E-state index contributed by atoms with van der Waals surface area (Å²) >= 11 is 0. The highest BCUT2D eigenvalue weighted by Crippen LogP contribution is 2.13. The molecule has 2 aromatic rings. The zero-order chi connectivity index (χ0) is 18.6. The summed E-state index contributed by atoms with van der Waals surface area (Å²) in [6.45, 7) is 2.22. The minimum absolute atomic E-state index is 0.117. The third-order valence-corrected chi connectivity index (χ3v) is 5.44. The van der Waals surface area contributed by atoms with Crippen molar-refractivity contribution in [3.63, 3.8) is 0 Å². The summed E-state index contributed by atoms with van der Waals surface area (Å²) in [6, 6.07) is 5.68. The van der Waals surface area contributed by atoms with Crippen LogP contribution in [0.5, 0.6) is 0 Å². The van der Waals surface area contributed by atoms with Crippen LogP contribution in [0, 0.1) is 6.92 Å². The predicted molar refractivity (Wildman–Crippen MR) is 92.9 cm³/mol. The molecule has 1 aromatic heterocycles. The lowest BCUT2D eigenvalue weighted by molar-refractivity contribution is 0.0952. The number of carbonyl (C=O) groups excluding carboxylic acids is 1. The Bertz CT molecular complexity index is 918. The Hall–Kier alpha value is -2.52. The highest BCUT2D eigenvalue weighted by atomic mass is 32.2. The van der Waals surface area contributed by atoms with Crippen LogP contribution in [-0.2, 0) is 16.6 Å². The summed E-state index contributed by atoms with van der Waals surface area (Å²) in [7, 11) is -0.640. The largest absolute Gasteiger partial charge is 0.350 e. The summed E-state index contributed by atoms with van der Waals surface area (Å²) in [5.41, 5.74) is 0.724. The molecule has 0 unspecified atom stereocenters. The highest BCUT2D eigenvalue weighted by Gasteiger charge is 2.17. The van der Waals surface area contributed by atoms with Gasteiger partial charge in [0.1, 0.15) is 0 Å². The molecule has 0 spiro atoms. The molecule has 1 heterocycles. The van der Waals surface area contributed by atoms with E-state index in [4.69, 9.17) is 0 Å². The number of benzene rings is 1. The van der Waals surface area contributed by atoms with E-state index in [1.54, 1.807) is 6.92 Å². The van der Waals surface area contributed by atoms with Crippen molar-refractivity contribution in [2.75, 3.05) is 20.6 Å². The van der Waals surface area contributed by atoms with E-state index in [9.17, 15) is 18.0 Å². The van der Waals surface area contributed by atoms with E-state index in [0.717, 1.165) is 4.31 Å². The molecule has 0 fully saturated rings. The number of hydrogen-bond acceptors (Lipinski definition) is 5. The molecule has 0 aliphatic rings. The van der Waals surface area contributed by atoms with Crippen LogP contribution in [0.15, 0.2) is 46.5 Å². The molecule has 9 heteroatoms. The van der Waals surface area contributed by atoms with E-state index in [1.165, 1.54) is 55.5 Å². The second kappa shape index (κ2) is 7.58. The van der Waals surface area contributed by atoms with Crippen LogP contribution in [0.2, 0.25) is 0 Å². The first-order valence-electron chi connectivity index (χ1n) is 7.55. The van der Waals surface area contributed by atoms with Crippen LogP contribution < -0.4 is 10.9 Å². The molecule has 1 amide bonds. The summed E-state index contributed by atoms with van der Waals surface area (Å²) in [6.07, 6.45) is 2.91. The van der Waals surface area contributed by atoms with Crippen molar-refractivity contribution in [1.29, 1.82) is 0 Å². The minimum atomic E-state index is -3.52. The fourth-order valence-corrected chi connectivity index (χ4v) is 3.00. The van der Waals surface area contributed by atoms with Crippen LogP contribution in [0.4, 0.5) is 0 Å². The van der Waals surface area contributed by atoms with Gasteiger partial charge in [-0.15, -0.1) is 0 Å². The van der Waals surface area contributed by atoms with Crippen molar-refractivity contribution in [2.24, 2.45) is 0 Å². The smallest absolute Gasteiger partial charge is 0.256 e. The number of rotatable bonds is 6. The van der Waals surface area contributed by atoms with Crippen molar-refractivity contribution in [2.45, 2.75) is 18.4 Å². The summed E-state index contributed by atoms with van der Waals surface area (Å²) in [5.74, 6) is -0.345. The topological polar surface area (TPSA) is 101 Å².